The summed E-state index contributed by atoms with van der Waals surface area (Å²) in [5, 5.41) is 0. The topological polar surface area (TPSA) is 55.4 Å². The van der Waals surface area contributed by atoms with E-state index in [1.54, 1.807) is 0 Å². The van der Waals surface area contributed by atoms with Crippen molar-refractivity contribution in [1.29, 1.82) is 0 Å². The standard InChI is InChI=1S/C42H42O6/c1-5-9-21-43-29-13-17-33-37(25-29)47-38-26-30(44-22-10-6-2)14-18-34(38)41(33)42-35-19-15-31(45-23-11-7-3)27-39(35)48-40-28-32(16-20-36(40)42)46-24-12-8-4/h5-20,25-28,41-42H,21-24H2,1-4H3. The van der Waals surface area contributed by atoms with Gasteiger partial charge in [0, 0.05) is 58.4 Å². The maximum absolute atomic E-state index is 6.64. The second-order valence-electron chi connectivity index (χ2n) is 11.5. The third-order valence-electron chi connectivity index (χ3n) is 8.38. The molecule has 0 amide bonds. The maximum atomic E-state index is 6.64. The lowest BCUT2D eigenvalue weighted by Crippen LogP contribution is -2.22. The number of allylic oxidation sites excluding steroid dienone is 4. The van der Waals surface area contributed by atoms with Crippen molar-refractivity contribution in [1.82, 2.24) is 0 Å². The average molecular weight is 643 g/mol. The highest BCUT2D eigenvalue weighted by molar-refractivity contribution is 5.65. The highest BCUT2D eigenvalue weighted by Gasteiger charge is 2.40. The Balaban J connectivity index is 1.49. The Morgan fingerprint density at radius 1 is 0.417 bits per heavy atom. The number of fused-ring (bicyclic) bond motifs is 4. The second-order valence-corrected chi connectivity index (χ2v) is 11.5. The first kappa shape index (κ1) is 32.6. The molecule has 0 saturated carbocycles. The molecule has 0 bridgehead atoms. The van der Waals surface area contributed by atoms with E-state index in [0.29, 0.717) is 26.4 Å². The molecule has 0 saturated heterocycles. The largest absolute Gasteiger partial charge is 0.489 e. The summed E-state index contributed by atoms with van der Waals surface area (Å²) in [7, 11) is 0. The van der Waals surface area contributed by atoms with Crippen molar-refractivity contribution in [2.45, 2.75) is 39.5 Å². The van der Waals surface area contributed by atoms with Gasteiger partial charge < -0.3 is 28.4 Å². The van der Waals surface area contributed by atoms with E-state index in [1.165, 1.54) is 0 Å². The van der Waals surface area contributed by atoms with E-state index < -0.39 is 0 Å². The fourth-order valence-corrected chi connectivity index (χ4v) is 6.05. The monoisotopic (exact) mass is 642 g/mol. The van der Waals surface area contributed by atoms with Crippen LogP contribution in [0.2, 0.25) is 0 Å². The molecule has 0 N–H and O–H groups in total. The summed E-state index contributed by atoms with van der Waals surface area (Å²) in [6.07, 6.45) is 15.8. The van der Waals surface area contributed by atoms with Gasteiger partial charge in [-0.05, 0) is 52.0 Å². The molecule has 0 aromatic heterocycles. The minimum Gasteiger partial charge on any atom is -0.489 e. The van der Waals surface area contributed by atoms with Gasteiger partial charge in [0.2, 0.25) is 0 Å². The molecule has 2 heterocycles. The van der Waals surface area contributed by atoms with Crippen molar-refractivity contribution in [3.8, 4) is 46.0 Å². The van der Waals surface area contributed by atoms with Crippen molar-refractivity contribution >= 4 is 0 Å². The summed E-state index contributed by atoms with van der Waals surface area (Å²) in [6.45, 7) is 9.85. The lowest BCUT2D eigenvalue weighted by molar-refractivity contribution is 0.349. The van der Waals surface area contributed by atoms with Gasteiger partial charge >= 0.3 is 0 Å². The van der Waals surface area contributed by atoms with Crippen LogP contribution in [0.25, 0.3) is 0 Å². The molecule has 2 aliphatic heterocycles. The van der Waals surface area contributed by atoms with E-state index in [1.807, 2.05) is 125 Å². The molecule has 0 unspecified atom stereocenters. The summed E-state index contributed by atoms with van der Waals surface area (Å²) in [6, 6.07) is 24.5. The average Bonchev–Trinajstić information content (AvgIpc) is 3.10. The molecule has 6 heteroatoms. The summed E-state index contributed by atoms with van der Waals surface area (Å²) < 4.78 is 37.4. The predicted molar refractivity (Wildman–Crippen MR) is 191 cm³/mol. The summed E-state index contributed by atoms with van der Waals surface area (Å²) in [5.41, 5.74) is 4.26. The van der Waals surface area contributed by atoms with Crippen molar-refractivity contribution in [3.63, 3.8) is 0 Å². The predicted octanol–water partition coefficient (Wildman–Crippen LogP) is 10.7. The van der Waals surface area contributed by atoms with Gasteiger partial charge in [0.1, 0.15) is 72.4 Å². The fraction of sp³-hybridized carbons (Fsp3) is 0.238. The van der Waals surface area contributed by atoms with Crippen molar-refractivity contribution in [3.05, 3.63) is 144 Å². The van der Waals surface area contributed by atoms with Crippen LogP contribution in [0.1, 0.15) is 61.8 Å². The lowest BCUT2D eigenvalue weighted by Gasteiger charge is -2.38. The van der Waals surface area contributed by atoms with Crippen LogP contribution < -0.4 is 28.4 Å². The van der Waals surface area contributed by atoms with Crippen LogP contribution in [-0.2, 0) is 0 Å². The van der Waals surface area contributed by atoms with Gasteiger partial charge in [-0.2, -0.15) is 0 Å². The minimum atomic E-state index is -0.107. The Bertz CT molecular complexity index is 1580. The van der Waals surface area contributed by atoms with E-state index in [9.17, 15) is 0 Å². The third kappa shape index (κ3) is 7.13. The van der Waals surface area contributed by atoms with Crippen LogP contribution in [-0.4, -0.2) is 26.4 Å². The van der Waals surface area contributed by atoms with E-state index in [2.05, 4.69) is 24.3 Å². The van der Waals surface area contributed by atoms with Crippen LogP contribution in [0.3, 0.4) is 0 Å². The van der Waals surface area contributed by atoms with E-state index in [-0.39, 0.29) is 11.8 Å². The van der Waals surface area contributed by atoms with Crippen LogP contribution in [0.5, 0.6) is 46.0 Å². The Labute approximate surface area is 283 Å². The molecule has 0 spiro atoms. The normalized spacial score (nSPS) is 16.2. The van der Waals surface area contributed by atoms with Gasteiger partial charge in [-0.25, -0.2) is 0 Å². The second kappa shape index (κ2) is 15.5. The van der Waals surface area contributed by atoms with E-state index in [0.717, 1.165) is 68.2 Å². The Morgan fingerprint density at radius 3 is 0.896 bits per heavy atom. The van der Waals surface area contributed by atoms with E-state index >= 15 is 0 Å². The highest BCUT2D eigenvalue weighted by Crippen LogP contribution is 2.58. The van der Waals surface area contributed by atoms with Crippen LogP contribution >= 0.6 is 0 Å². The summed E-state index contributed by atoms with van der Waals surface area (Å²) in [5.74, 6) is 5.77. The van der Waals surface area contributed by atoms with Crippen molar-refractivity contribution in [2.75, 3.05) is 26.4 Å². The number of rotatable bonds is 13. The Hall–Kier alpha value is -5.36. The fourth-order valence-electron chi connectivity index (χ4n) is 6.05. The number of ether oxygens (including phenoxy) is 6. The first-order valence-corrected chi connectivity index (χ1v) is 16.5. The van der Waals surface area contributed by atoms with Gasteiger partial charge in [0.05, 0.1) is 0 Å². The molecular formula is C42H42O6. The smallest absolute Gasteiger partial charge is 0.134 e. The SMILES string of the molecule is CC=CCOc1ccc2c(c1)Oc1cc(OCC=CC)ccc1C2C1c2ccc(OCC=CC)cc2Oc2cc(OCC=CC)ccc21. The van der Waals surface area contributed by atoms with Gasteiger partial charge in [0.15, 0.2) is 0 Å². The highest BCUT2D eigenvalue weighted by atomic mass is 16.5. The minimum absolute atomic E-state index is 0.107. The molecule has 0 atom stereocenters. The van der Waals surface area contributed by atoms with Crippen molar-refractivity contribution in [2.24, 2.45) is 0 Å². The van der Waals surface area contributed by atoms with Crippen LogP contribution in [0.4, 0.5) is 0 Å². The molecule has 4 aromatic rings. The molecular weight excluding hydrogens is 600 g/mol. The van der Waals surface area contributed by atoms with Gasteiger partial charge in [0.25, 0.3) is 0 Å². The molecule has 6 nitrogen and oxygen atoms in total. The first-order chi connectivity index (χ1) is 23.6. The van der Waals surface area contributed by atoms with Crippen LogP contribution in [0.15, 0.2) is 121 Å². The Morgan fingerprint density at radius 2 is 0.667 bits per heavy atom. The van der Waals surface area contributed by atoms with Crippen LogP contribution in [0, 0.1) is 0 Å². The van der Waals surface area contributed by atoms with Gasteiger partial charge in [-0.3, -0.25) is 0 Å². The van der Waals surface area contributed by atoms with Crippen molar-refractivity contribution < 1.29 is 28.4 Å². The third-order valence-corrected chi connectivity index (χ3v) is 8.38. The molecule has 6 rings (SSSR count). The molecule has 48 heavy (non-hydrogen) atoms. The zero-order chi connectivity index (χ0) is 33.3. The molecule has 0 aliphatic carbocycles. The quantitative estimate of drug-likeness (QED) is 0.135. The first-order valence-electron chi connectivity index (χ1n) is 16.5. The van der Waals surface area contributed by atoms with Gasteiger partial charge in [-0.15, -0.1) is 0 Å². The van der Waals surface area contributed by atoms with E-state index in [4.69, 9.17) is 28.4 Å². The lowest BCUT2D eigenvalue weighted by atomic mass is 9.71. The maximum Gasteiger partial charge on any atom is 0.134 e. The number of hydrogen-bond donors (Lipinski definition) is 0. The molecule has 2 aliphatic rings. The number of benzene rings is 4. The summed E-state index contributed by atoms with van der Waals surface area (Å²) >= 11 is 0. The molecule has 246 valence electrons. The van der Waals surface area contributed by atoms with Gasteiger partial charge in [-0.1, -0.05) is 72.9 Å². The summed E-state index contributed by atoms with van der Waals surface area (Å²) in [4.78, 5) is 0. The Kier molecular flexibility index (Phi) is 10.5. The zero-order valence-electron chi connectivity index (χ0n) is 28.0. The molecule has 0 radical (unpaired) electrons. The molecule has 0 fully saturated rings. The molecule has 4 aromatic carbocycles. The zero-order valence-corrected chi connectivity index (χ0v) is 28.0. The number of hydrogen-bond acceptors (Lipinski definition) is 6.